The molecule has 0 saturated carbocycles. The van der Waals surface area contributed by atoms with E-state index in [0.717, 1.165) is 11.1 Å². The Hall–Kier alpha value is -3.34. The van der Waals surface area contributed by atoms with E-state index in [1.807, 2.05) is 13.8 Å². The quantitative estimate of drug-likeness (QED) is 0.179. The van der Waals surface area contributed by atoms with Gasteiger partial charge in [0.15, 0.2) is 12.2 Å². The molecule has 2 saturated heterocycles. The Kier molecular flexibility index (Phi) is 8.87. The normalized spacial score (nSPS) is 34.0. The van der Waals surface area contributed by atoms with Crippen LogP contribution in [0.4, 0.5) is 0 Å². The van der Waals surface area contributed by atoms with Gasteiger partial charge in [-0.3, -0.25) is 0 Å². The van der Waals surface area contributed by atoms with Crippen molar-refractivity contribution in [2.24, 2.45) is 0 Å². The molecule has 4 rings (SSSR count). The number of aliphatic hydroxyl groups is 6. The number of aliphatic carboxylic acids is 2. The third kappa shape index (κ3) is 6.14. The van der Waals surface area contributed by atoms with Crippen LogP contribution in [-0.2, 0) is 24.5 Å². The van der Waals surface area contributed by atoms with Gasteiger partial charge in [-0.1, -0.05) is 38.1 Å². The van der Waals surface area contributed by atoms with Gasteiger partial charge in [0.1, 0.15) is 48.1 Å². The van der Waals surface area contributed by atoms with E-state index in [2.05, 4.69) is 0 Å². The number of benzene rings is 2. The Balaban J connectivity index is 1.43. The molecule has 224 valence electrons. The van der Waals surface area contributed by atoms with Crippen LogP contribution in [-0.4, -0.2) is 114 Å². The van der Waals surface area contributed by atoms with E-state index in [-0.39, 0.29) is 11.5 Å². The zero-order valence-electron chi connectivity index (χ0n) is 21.9. The third-order valence-electron chi connectivity index (χ3n) is 7.28. The van der Waals surface area contributed by atoms with Crippen LogP contribution in [0, 0.1) is 0 Å². The van der Waals surface area contributed by atoms with Gasteiger partial charge in [-0.2, -0.15) is 0 Å². The van der Waals surface area contributed by atoms with Crippen LogP contribution in [0.5, 0.6) is 11.5 Å². The molecule has 0 bridgehead atoms. The maximum atomic E-state index is 11.3. The van der Waals surface area contributed by atoms with Gasteiger partial charge in [-0.15, -0.1) is 0 Å². The van der Waals surface area contributed by atoms with Crippen molar-refractivity contribution < 1.29 is 69.4 Å². The molecule has 2 aliphatic heterocycles. The summed E-state index contributed by atoms with van der Waals surface area (Å²) in [6.45, 7) is 3.87. The maximum absolute atomic E-state index is 11.3. The van der Waals surface area contributed by atoms with Gasteiger partial charge >= 0.3 is 11.9 Å². The molecular formula is C27H32O14. The lowest BCUT2D eigenvalue weighted by Crippen LogP contribution is -2.61. The lowest BCUT2D eigenvalue weighted by atomic mass is 9.78. The molecule has 2 aromatic rings. The molecule has 0 unspecified atom stereocenters. The monoisotopic (exact) mass is 580 g/mol. The summed E-state index contributed by atoms with van der Waals surface area (Å²) >= 11 is 0. The highest BCUT2D eigenvalue weighted by Gasteiger charge is 2.49. The van der Waals surface area contributed by atoms with Crippen LogP contribution < -0.4 is 9.47 Å². The van der Waals surface area contributed by atoms with E-state index in [9.17, 15) is 50.4 Å². The average Bonchev–Trinajstić information content (AvgIpc) is 2.93. The highest BCUT2D eigenvalue weighted by atomic mass is 16.7. The fourth-order valence-corrected chi connectivity index (χ4v) is 4.63. The first-order valence-corrected chi connectivity index (χ1v) is 12.6. The minimum Gasteiger partial charge on any atom is -0.479 e. The number of rotatable bonds is 8. The third-order valence-corrected chi connectivity index (χ3v) is 7.28. The van der Waals surface area contributed by atoms with Crippen molar-refractivity contribution in [3.05, 3.63) is 59.7 Å². The lowest BCUT2D eigenvalue weighted by Gasteiger charge is -2.38. The van der Waals surface area contributed by atoms with Gasteiger partial charge in [0, 0.05) is 5.41 Å². The average molecular weight is 581 g/mol. The first kappa shape index (κ1) is 30.6. The number of hydrogen-bond donors (Lipinski definition) is 8. The molecule has 0 aromatic heterocycles. The second kappa shape index (κ2) is 11.9. The topological polar surface area (TPSA) is 233 Å². The first-order valence-electron chi connectivity index (χ1n) is 12.6. The summed E-state index contributed by atoms with van der Waals surface area (Å²) < 4.78 is 21.4. The molecule has 14 nitrogen and oxygen atoms in total. The molecule has 41 heavy (non-hydrogen) atoms. The summed E-state index contributed by atoms with van der Waals surface area (Å²) in [5.41, 5.74) is 1.09. The minimum atomic E-state index is -1.83. The highest BCUT2D eigenvalue weighted by molar-refractivity contribution is 5.73. The van der Waals surface area contributed by atoms with E-state index in [0.29, 0.717) is 0 Å². The van der Waals surface area contributed by atoms with Crippen molar-refractivity contribution in [3.8, 4) is 11.5 Å². The van der Waals surface area contributed by atoms with Gasteiger partial charge in [0.25, 0.3) is 0 Å². The molecule has 2 fully saturated rings. The standard InChI is InChI=1S/C27H32O14/c1-27(2,11-3-7-13(8-4-11)38-25-19(32)15(28)17(30)21(40-25)23(34)35)12-5-9-14(10-6-12)39-26-20(33)16(29)18(31)22(41-26)24(36)37/h3-10,15-22,25-26,28-33H,1-2H3,(H,34,35)(H,36,37)/t15-,16-,17-,18-,19+,20+,21-,22-,25+,26+/m0/s1. The Bertz CT molecular complexity index is 1120. The predicted octanol–water partition coefficient (Wildman–Crippen LogP) is -1.45. The van der Waals surface area contributed by atoms with Crippen LogP contribution >= 0.6 is 0 Å². The van der Waals surface area contributed by atoms with Crippen LogP contribution in [0.2, 0.25) is 0 Å². The van der Waals surface area contributed by atoms with Crippen LogP contribution in [0.1, 0.15) is 25.0 Å². The summed E-state index contributed by atoms with van der Waals surface area (Å²) in [7, 11) is 0. The van der Waals surface area contributed by atoms with Crippen molar-refractivity contribution in [1.82, 2.24) is 0 Å². The number of carboxylic acid groups (broad SMARTS) is 2. The zero-order chi connectivity index (χ0) is 30.2. The summed E-state index contributed by atoms with van der Waals surface area (Å²) in [4.78, 5) is 22.6. The molecule has 8 N–H and O–H groups in total. The van der Waals surface area contributed by atoms with E-state index >= 15 is 0 Å². The SMILES string of the molecule is CC(C)(c1ccc(O[C@@H]2O[C@H](C(=O)O)[C@@H](O)[C@H](O)[C@H]2O)cc1)c1ccc(O[C@@H]2O[C@H](C(=O)O)[C@@H](O)[C@H](O)[C@H]2O)cc1. The van der Waals surface area contributed by atoms with Gasteiger partial charge in [0.05, 0.1) is 0 Å². The van der Waals surface area contributed by atoms with Gasteiger partial charge in [0.2, 0.25) is 12.6 Å². The predicted molar refractivity (Wildman–Crippen MR) is 135 cm³/mol. The molecule has 10 atom stereocenters. The molecule has 0 spiro atoms. The van der Waals surface area contributed by atoms with Crippen LogP contribution in [0.25, 0.3) is 0 Å². The van der Waals surface area contributed by atoms with Crippen molar-refractivity contribution in [2.45, 2.75) is 80.7 Å². The molecule has 2 heterocycles. The summed E-state index contributed by atoms with van der Waals surface area (Å²) in [5.74, 6) is -2.62. The van der Waals surface area contributed by atoms with E-state index in [4.69, 9.17) is 18.9 Å². The van der Waals surface area contributed by atoms with Crippen molar-refractivity contribution in [3.63, 3.8) is 0 Å². The Labute approximate surface area is 233 Å². The number of carboxylic acids is 2. The smallest absolute Gasteiger partial charge is 0.335 e. The molecular weight excluding hydrogens is 548 g/mol. The van der Waals surface area contributed by atoms with E-state index in [1.54, 1.807) is 48.5 Å². The van der Waals surface area contributed by atoms with Crippen molar-refractivity contribution in [1.29, 1.82) is 0 Å². The highest BCUT2D eigenvalue weighted by Crippen LogP contribution is 2.34. The van der Waals surface area contributed by atoms with E-state index < -0.39 is 78.8 Å². The number of hydrogen-bond acceptors (Lipinski definition) is 12. The summed E-state index contributed by atoms with van der Waals surface area (Å²) in [5, 5.41) is 78.3. The van der Waals surface area contributed by atoms with Gasteiger partial charge < -0.3 is 59.8 Å². The Morgan fingerprint density at radius 1 is 0.585 bits per heavy atom. The van der Waals surface area contributed by atoms with Gasteiger partial charge in [-0.25, -0.2) is 9.59 Å². The Morgan fingerprint density at radius 2 is 0.902 bits per heavy atom. The van der Waals surface area contributed by atoms with Crippen molar-refractivity contribution >= 4 is 11.9 Å². The number of carbonyl (C=O) groups is 2. The maximum Gasteiger partial charge on any atom is 0.335 e. The number of ether oxygens (including phenoxy) is 4. The minimum absolute atomic E-state index is 0.211. The summed E-state index contributed by atoms with van der Waals surface area (Å²) in [6, 6.07) is 13.2. The van der Waals surface area contributed by atoms with Gasteiger partial charge in [-0.05, 0) is 35.4 Å². The Morgan fingerprint density at radius 3 is 1.20 bits per heavy atom. The molecule has 14 heteroatoms. The van der Waals surface area contributed by atoms with E-state index in [1.165, 1.54) is 0 Å². The van der Waals surface area contributed by atoms with Crippen LogP contribution in [0.3, 0.4) is 0 Å². The second-order valence-corrected chi connectivity index (χ2v) is 10.4. The van der Waals surface area contributed by atoms with Crippen LogP contribution in [0.15, 0.2) is 48.5 Å². The summed E-state index contributed by atoms with van der Waals surface area (Å²) in [6.07, 6.45) is -17.3. The largest absolute Gasteiger partial charge is 0.479 e. The molecule has 0 amide bonds. The van der Waals surface area contributed by atoms with Crippen molar-refractivity contribution in [2.75, 3.05) is 0 Å². The molecule has 0 radical (unpaired) electrons. The first-order chi connectivity index (χ1) is 19.2. The zero-order valence-corrected chi connectivity index (χ0v) is 21.9. The molecule has 2 aromatic carbocycles. The fraction of sp³-hybridized carbons (Fsp3) is 0.481. The number of aliphatic hydroxyl groups excluding tert-OH is 6. The molecule has 2 aliphatic rings. The lowest BCUT2D eigenvalue weighted by molar-refractivity contribution is -0.271. The second-order valence-electron chi connectivity index (χ2n) is 10.4. The molecule has 0 aliphatic carbocycles. The fourth-order valence-electron chi connectivity index (χ4n) is 4.63.